The molecule has 2 aromatic carbocycles. The summed E-state index contributed by atoms with van der Waals surface area (Å²) in [7, 11) is 2.14. The first kappa shape index (κ1) is 15.8. The zero-order valence-electron chi connectivity index (χ0n) is 13.8. The van der Waals surface area contributed by atoms with E-state index in [-0.39, 0.29) is 24.0 Å². The van der Waals surface area contributed by atoms with Crippen molar-refractivity contribution in [1.82, 2.24) is 10.2 Å². The zero-order chi connectivity index (χ0) is 16.2. The number of nitrogens with one attached hydrogen (secondary N) is 1. The van der Waals surface area contributed by atoms with Crippen LogP contribution >= 0.6 is 0 Å². The van der Waals surface area contributed by atoms with E-state index in [1.807, 2.05) is 24.3 Å². The number of likely N-dealkylation sites (N-methyl/N-ethyl adjacent to an activating group) is 1. The van der Waals surface area contributed by atoms with E-state index in [1.165, 1.54) is 11.1 Å². The van der Waals surface area contributed by atoms with Crippen molar-refractivity contribution in [3.05, 3.63) is 71.8 Å². The minimum atomic E-state index is 0.0953. The number of hydrogen-bond donors (Lipinski definition) is 1. The van der Waals surface area contributed by atoms with Gasteiger partial charge in [-0.15, -0.1) is 0 Å². The van der Waals surface area contributed by atoms with Crippen LogP contribution in [0.15, 0.2) is 60.7 Å². The second kappa shape index (κ2) is 6.97. The molecule has 3 nitrogen and oxygen atoms in total. The summed E-state index contributed by atoms with van der Waals surface area (Å²) < 4.78 is 0. The van der Waals surface area contributed by atoms with Crippen molar-refractivity contribution in [2.45, 2.75) is 37.9 Å². The first-order valence-electron chi connectivity index (χ1n) is 8.32. The molecule has 3 atom stereocenters. The molecule has 1 saturated heterocycles. The highest BCUT2D eigenvalue weighted by Gasteiger charge is 2.36. The van der Waals surface area contributed by atoms with E-state index >= 15 is 0 Å². The molecular weight excluding hydrogens is 284 g/mol. The van der Waals surface area contributed by atoms with Crippen LogP contribution in [0.5, 0.6) is 0 Å². The fourth-order valence-corrected chi connectivity index (χ4v) is 3.61. The highest BCUT2D eigenvalue weighted by Crippen LogP contribution is 2.36. The number of carbonyl (C=O) groups excluding carboxylic acids is 1. The van der Waals surface area contributed by atoms with Gasteiger partial charge >= 0.3 is 0 Å². The van der Waals surface area contributed by atoms with Gasteiger partial charge < -0.3 is 5.32 Å². The molecule has 2 aromatic rings. The molecule has 3 heteroatoms. The van der Waals surface area contributed by atoms with Crippen molar-refractivity contribution in [1.29, 1.82) is 0 Å². The van der Waals surface area contributed by atoms with Crippen molar-refractivity contribution in [3.63, 3.8) is 0 Å². The molecule has 120 valence electrons. The number of hydrogen-bond acceptors (Lipinski definition) is 2. The van der Waals surface area contributed by atoms with Crippen molar-refractivity contribution in [2.75, 3.05) is 7.05 Å². The Balaban J connectivity index is 2.02. The smallest absolute Gasteiger partial charge is 0.222 e. The summed E-state index contributed by atoms with van der Waals surface area (Å²) >= 11 is 0. The SMILES string of the molecule is CC[C@H]1NC(=O)C[C@H](c2ccccc2)N(C)[C@@H]1c1ccccc1. The second-order valence-corrected chi connectivity index (χ2v) is 6.23. The zero-order valence-corrected chi connectivity index (χ0v) is 13.8. The lowest BCUT2D eigenvalue weighted by molar-refractivity contribution is -0.121. The standard InChI is InChI=1S/C20H24N2O/c1-3-17-20(16-12-8-5-9-13-16)22(2)18(14-19(23)21-17)15-10-6-4-7-11-15/h4-13,17-18,20H,3,14H2,1-2H3,(H,21,23)/t17-,18-,20-/m1/s1. The van der Waals surface area contributed by atoms with Crippen LogP contribution in [0.2, 0.25) is 0 Å². The van der Waals surface area contributed by atoms with Crippen LogP contribution in [0.3, 0.4) is 0 Å². The molecule has 0 aromatic heterocycles. The molecule has 0 saturated carbocycles. The normalized spacial score (nSPS) is 25.7. The Kier molecular flexibility index (Phi) is 4.77. The van der Waals surface area contributed by atoms with E-state index in [4.69, 9.17) is 0 Å². The van der Waals surface area contributed by atoms with E-state index < -0.39 is 0 Å². The van der Waals surface area contributed by atoms with Gasteiger partial charge in [0, 0.05) is 18.5 Å². The highest BCUT2D eigenvalue weighted by atomic mass is 16.1. The van der Waals surface area contributed by atoms with Crippen LogP contribution in [0.4, 0.5) is 0 Å². The molecule has 0 spiro atoms. The summed E-state index contributed by atoms with van der Waals surface area (Å²) in [6.07, 6.45) is 1.41. The van der Waals surface area contributed by atoms with Gasteiger partial charge in [-0.05, 0) is 24.6 Å². The summed E-state index contributed by atoms with van der Waals surface area (Å²) in [5, 5.41) is 3.23. The van der Waals surface area contributed by atoms with Crippen LogP contribution in [0, 0.1) is 0 Å². The third kappa shape index (κ3) is 3.30. The summed E-state index contributed by atoms with van der Waals surface area (Å²) in [4.78, 5) is 14.8. The number of rotatable bonds is 3. The maximum Gasteiger partial charge on any atom is 0.222 e. The summed E-state index contributed by atoms with van der Waals surface area (Å²) in [6.45, 7) is 2.14. The molecule has 0 radical (unpaired) electrons. The van der Waals surface area contributed by atoms with Crippen LogP contribution < -0.4 is 5.32 Å². The molecular formula is C20H24N2O. The van der Waals surface area contributed by atoms with E-state index in [0.717, 1.165) is 6.42 Å². The lowest BCUT2D eigenvalue weighted by Gasteiger charge is -2.36. The average Bonchev–Trinajstić information content (AvgIpc) is 2.72. The van der Waals surface area contributed by atoms with Crippen molar-refractivity contribution >= 4 is 5.91 Å². The molecule has 1 aliphatic heterocycles. The maximum atomic E-state index is 12.4. The Morgan fingerprint density at radius 1 is 1.00 bits per heavy atom. The minimum absolute atomic E-state index is 0.0953. The van der Waals surface area contributed by atoms with Gasteiger partial charge in [0.15, 0.2) is 0 Å². The Morgan fingerprint density at radius 3 is 2.13 bits per heavy atom. The Bertz CT molecular complexity index is 641. The molecule has 1 N–H and O–H groups in total. The van der Waals surface area contributed by atoms with E-state index in [9.17, 15) is 4.79 Å². The van der Waals surface area contributed by atoms with E-state index in [2.05, 4.69) is 60.6 Å². The van der Waals surface area contributed by atoms with Gasteiger partial charge in [-0.25, -0.2) is 0 Å². The number of nitrogens with zero attached hydrogens (tertiary/aromatic N) is 1. The van der Waals surface area contributed by atoms with Gasteiger partial charge in [-0.1, -0.05) is 67.6 Å². The van der Waals surface area contributed by atoms with Gasteiger partial charge in [0.05, 0.1) is 6.04 Å². The number of carbonyl (C=O) groups is 1. The third-order valence-electron chi connectivity index (χ3n) is 4.80. The Hall–Kier alpha value is -2.13. The Labute approximate surface area is 138 Å². The number of amides is 1. The minimum Gasteiger partial charge on any atom is -0.351 e. The summed E-state index contributed by atoms with van der Waals surface area (Å²) in [5.74, 6) is 0.135. The molecule has 0 bridgehead atoms. The first-order valence-corrected chi connectivity index (χ1v) is 8.32. The molecule has 1 heterocycles. The van der Waals surface area contributed by atoms with Crippen LogP contribution in [0.1, 0.15) is 43.0 Å². The predicted octanol–water partition coefficient (Wildman–Crippen LogP) is 3.70. The highest BCUT2D eigenvalue weighted by molar-refractivity contribution is 5.77. The molecule has 0 unspecified atom stereocenters. The van der Waals surface area contributed by atoms with Crippen LogP contribution in [-0.2, 0) is 4.79 Å². The van der Waals surface area contributed by atoms with E-state index in [0.29, 0.717) is 6.42 Å². The molecule has 1 aliphatic rings. The Morgan fingerprint density at radius 2 is 1.57 bits per heavy atom. The molecule has 1 amide bonds. The quantitative estimate of drug-likeness (QED) is 0.937. The fraction of sp³-hybridized carbons (Fsp3) is 0.350. The lowest BCUT2D eigenvalue weighted by Crippen LogP contribution is -2.41. The summed E-state index contributed by atoms with van der Waals surface area (Å²) in [6, 6.07) is 21.2. The number of benzene rings is 2. The second-order valence-electron chi connectivity index (χ2n) is 6.23. The molecule has 23 heavy (non-hydrogen) atoms. The van der Waals surface area contributed by atoms with E-state index in [1.54, 1.807) is 0 Å². The fourth-order valence-electron chi connectivity index (χ4n) is 3.61. The third-order valence-corrected chi connectivity index (χ3v) is 4.80. The van der Waals surface area contributed by atoms with Crippen LogP contribution in [-0.4, -0.2) is 23.9 Å². The van der Waals surface area contributed by atoms with Crippen molar-refractivity contribution in [2.24, 2.45) is 0 Å². The molecule has 0 aliphatic carbocycles. The van der Waals surface area contributed by atoms with Gasteiger partial charge in [0.25, 0.3) is 0 Å². The lowest BCUT2D eigenvalue weighted by atomic mass is 9.94. The van der Waals surface area contributed by atoms with Gasteiger partial charge in [-0.3, -0.25) is 9.69 Å². The monoisotopic (exact) mass is 308 g/mol. The average molecular weight is 308 g/mol. The maximum absolute atomic E-state index is 12.4. The first-order chi connectivity index (χ1) is 11.2. The summed E-state index contributed by atoms with van der Waals surface area (Å²) in [5.41, 5.74) is 2.45. The molecule has 1 fully saturated rings. The van der Waals surface area contributed by atoms with Gasteiger partial charge in [-0.2, -0.15) is 0 Å². The molecule has 3 rings (SSSR count). The topological polar surface area (TPSA) is 32.3 Å². The van der Waals surface area contributed by atoms with Crippen molar-refractivity contribution < 1.29 is 4.79 Å². The van der Waals surface area contributed by atoms with Crippen molar-refractivity contribution in [3.8, 4) is 0 Å². The predicted molar refractivity (Wildman–Crippen MR) is 93.0 cm³/mol. The largest absolute Gasteiger partial charge is 0.351 e. The van der Waals surface area contributed by atoms with Gasteiger partial charge in [0.2, 0.25) is 5.91 Å². The van der Waals surface area contributed by atoms with Gasteiger partial charge in [0.1, 0.15) is 0 Å². The van der Waals surface area contributed by atoms with Crippen LogP contribution in [0.25, 0.3) is 0 Å².